The maximum atomic E-state index is 13.5. The summed E-state index contributed by atoms with van der Waals surface area (Å²) in [5.41, 5.74) is 2.84. The van der Waals surface area contributed by atoms with E-state index in [0.717, 1.165) is 12.1 Å². The number of guanidine groups is 1. The predicted octanol–water partition coefficient (Wildman–Crippen LogP) is 3.37. The van der Waals surface area contributed by atoms with Crippen LogP contribution in [-0.4, -0.2) is 13.0 Å². The van der Waals surface area contributed by atoms with Gasteiger partial charge in [0.1, 0.15) is 5.82 Å². The molecule has 0 radical (unpaired) electrons. The van der Waals surface area contributed by atoms with Crippen LogP contribution in [0.2, 0.25) is 0 Å². The van der Waals surface area contributed by atoms with Crippen molar-refractivity contribution in [2.75, 3.05) is 7.05 Å². The number of thiophene rings is 1. The molecule has 5 heteroatoms. The zero-order valence-corrected chi connectivity index (χ0v) is 13.4. The number of aliphatic imine (C=N–C) groups is 1. The van der Waals surface area contributed by atoms with Crippen molar-refractivity contribution in [1.82, 2.24) is 10.6 Å². The number of aryl methyl sites for hydroxylation is 2. The lowest BCUT2D eigenvalue weighted by Gasteiger charge is -2.12. The average molecular weight is 305 g/mol. The van der Waals surface area contributed by atoms with Gasteiger partial charge < -0.3 is 10.6 Å². The van der Waals surface area contributed by atoms with Gasteiger partial charge in [0.25, 0.3) is 0 Å². The molecule has 0 fully saturated rings. The Kier molecular flexibility index (Phi) is 5.33. The Labute approximate surface area is 128 Å². The average Bonchev–Trinajstić information content (AvgIpc) is 2.88. The molecule has 1 heterocycles. The molecule has 21 heavy (non-hydrogen) atoms. The molecule has 0 saturated heterocycles. The van der Waals surface area contributed by atoms with Gasteiger partial charge in [0, 0.05) is 18.5 Å². The number of benzene rings is 1. The van der Waals surface area contributed by atoms with Gasteiger partial charge in [0.2, 0.25) is 0 Å². The predicted molar refractivity (Wildman–Crippen MR) is 87.2 cm³/mol. The molecular formula is C16H20FN3S. The van der Waals surface area contributed by atoms with Crippen molar-refractivity contribution in [1.29, 1.82) is 0 Å². The molecule has 0 unspecified atom stereocenters. The summed E-state index contributed by atoms with van der Waals surface area (Å²) in [5, 5.41) is 8.54. The Balaban J connectivity index is 1.88. The molecule has 0 saturated carbocycles. The maximum absolute atomic E-state index is 13.5. The van der Waals surface area contributed by atoms with Gasteiger partial charge in [0.05, 0.1) is 6.54 Å². The Morgan fingerprint density at radius 2 is 1.90 bits per heavy atom. The molecule has 0 aliphatic heterocycles. The minimum Gasteiger partial charge on any atom is -0.352 e. The van der Waals surface area contributed by atoms with E-state index in [9.17, 15) is 4.39 Å². The fourth-order valence-electron chi connectivity index (χ4n) is 1.90. The Morgan fingerprint density at radius 3 is 2.52 bits per heavy atom. The van der Waals surface area contributed by atoms with Crippen LogP contribution >= 0.6 is 11.3 Å². The molecule has 0 bridgehead atoms. The highest BCUT2D eigenvalue weighted by Gasteiger charge is 2.03. The van der Waals surface area contributed by atoms with E-state index in [1.54, 1.807) is 37.4 Å². The Bertz CT molecular complexity index is 634. The van der Waals surface area contributed by atoms with Gasteiger partial charge in [0.15, 0.2) is 5.96 Å². The second kappa shape index (κ2) is 7.22. The Hall–Kier alpha value is -1.88. The molecule has 1 aromatic heterocycles. The van der Waals surface area contributed by atoms with E-state index < -0.39 is 0 Å². The smallest absolute Gasteiger partial charge is 0.191 e. The molecule has 2 rings (SSSR count). The molecular weight excluding hydrogens is 285 g/mol. The molecule has 2 aromatic rings. The number of hydrogen-bond acceptors (Lipinski definition) is 2. The largest absolute Gasteiger partial charge is 0.352 e. The maximum Gasteiger partial charge on any atom is 0.191 e. The second-order valence-corrected chi connectivity index (χ2v) is 5.89. The van der Waals surface area contributed by atoms with Crippen molar-refractivity contribution in [2.45, 2.75) is 26.9 Å². The molecule has 0 aliphatic rings. The number of nitrogens with one attached hydrogen (secondary N) is 2. The summed E-state index contributed by atoms with van der Waals surface area (Å²) in [6, 6.07) is 7.37. The normalized spacial score (nSPS) is 11.5. The lowest BCUT2D eigenvalue weighted by Crippen LogP contribution is -2.36. The van der Waals surface area contributed by atoms with Crippen LogP contribution in [0.1, 0.15) is 21.6 Å². The third kappa shape index (κ3) is 4.29. The summed E-state index contributed by atoms with van der Waals surface area (Å²) in [6.07, 6.45) is 0. The van der Waals surface area contributed by atoms with Crippen LogP contribution < -0.4 is 10.6 Å². The highest BCUT2D eigenvalue weighted by atomic mass is 32.1. The molecule has 0 amide bonds. The minimum absolute atomic E-state index is 0.175. The molecule has 2 N–H and O–H groups in total. The summed E-state index contributed by atoms with van der Waals surface area (Å²) < 4.78 is 13.5. The molecule has 1 aromatic carbocycles. The van der Waals surface area contributed by atoms with Crippen LogP contribution in [0.5, 0.6) is 0 Å². The number of halogens is 1. The number of hydrogen-bond donors (Lipinski definition) is 2. The molecule has 3 nitrogen and oxygen atoms in total. The van der Waals surface area contributed by atoms with Crippen molar-refractivity contribution in [3.8, 4) is 0 Å². The van der Waals surface area contributed by atoms with Crippen LogP contribution in [0.15, 0.2) is 34.6 Å². The van der Waals surface area contributed by atoms with Crippen molar-refractivity contribution in [3.63, 3.8) is 0 Å². The lowest BCUT2D eigenvalue weighted by molar-refractivity contribution is 0.615. The van der Waals surface area contributed by atoms with Crippen LogP contribution in [-0.2, 0) is 13.1 Å². The first kappa shape index (κ1) is 15.5. The fourth-order valence-corrected chi connectivity index (χ4v) is 2.75. The van der Waals surface area contributed by atoms with E-state index in [1.807, 2.05) is 6.07 Å². The summed E-state index contributed by atoms with van der Waals surface area (Å²) in [7, 11) is 1.73. The first-order valence-corrected chi connectivity index (χ1v) is 7.70. The summed E-state index contributed by atoms with van der Waals surface area (Å²) in [4.78, 5) is 5.47. The van der Waals surface area contributed by atoms with E-state index in [-0.39, 0.29) is 5.82 Å². The highest BCUT2D eigenvalue weighted by Crippen LogP contribution is 2.14. The van der Waals surface area contributed by atoms with E-state index in [2.05, 4.69) is 34.0 Å². The fraction of sp³-hybridized carbons (Fsp3) is 0.312. The van der Waals surface area contributed by atoms with E-state index in [4.69, 9.17) is 0 Å². The van der Waals surface area contributed by atoms with Crippen molar-refractivity contribution >= 4 is 17.3 Å². The van der Waals surface area contributed by atoms with Gasteiger partial charge in [-0.05, 0) is 48.1 Å². The first-order valence-electron chi connectivity index (χ1n) is 6.82. The summed E-state index contributed by atoms with van der Waals surface area (Å²) >= 11 is 1.73. The van der Waals surface area contributed by atoms with Crippen LogP contribution in [0.25, 0.3) is 0 Å². The molecule has 0 spiro atoms. The van der Waals surface area contributed by atoms with Gasteiger partial charge in [-0.1, -0.05) is 12.1 Å². The van der Waals surface area contributed by atoms with E-state index in [0.29, 0.717) is 18.1 Å². The van der Waals surface area contributed by atoms with Crippen LogP contribution in [0, 0.1) is 19.7 Å². The van der Waals surface area contributed by atoms with E-state index in [1.165, 1.54) is 10.4 Å². The van der Waals surface area contributed by atoms with Crippen molar-refractivity contribution in [2.24, 2.45) is 4.99 Å². The monoisotopic (exact) mass is 305 g/mol. The number of rotatable bonds is 4. The van der Waals surface area contributed by atoms with Gasteiger partial charge in [-0.2, -0.15) is 0 Å². The Morgan fingerprint density at radius 1 is 1.14 bits per heavy atom. The third-order valence-electron chi connectivity index (χ3n) is 3.30. The van der Waals surface area contributed by atoms with Gasteiger partial charge >= 0.3 is 0 Å². The summed E-state index contributed by atoms with van der Waals surface area (Å²) in [5.74, 6) is 0.537. The minimum atomic E-state index is -0.175. The SMILES string of the molecule is CN=C(NCc1ccc(C)c(F)c1)NCc1sccc1C. The molecule has 0 atom stereocenters. The second-order valence-electron chi connectivity index (χ2n) is 4.89. The highest BCUT2D eigenvalue weighted by molar-refractivity contribution is 7.10. The van der Waals surface area contributed by atoms with Gasteiger partial charge in [-0.15, -0.1) is 11.3 Å². The topological polar surface area (TPSA) is 36.4 Å². The third-order valence-corrected chi connectivity index (χ3v) is 4.33. The number of nitrogens with zero attached hydrogens (tertiary/aromatic N) is 1. The van der Waals surface area contributed by atoms with Gasteiger partial charge in [-0.3, -0.25) is 4.99 Å². The quantitative estimate of drug-likeness (QED) is 0.671. The lowest BCUT2D eigenvalue weighted by atomic mass is 10.1. The van der Waals surface area contributed by atoms with Crippen molar-refractivity contribution in [3.05, 3.63) is 57.0 Å². The molecule has 112 valence electrons. The zero-order chi connectivity index (χ0) is 15.2. The first-order chi connectivity index (χ1) is 10.1. The zero-order valence-electron chi connectivity index (χ0n) is 12.5. The van der Waals surface area contributed by atoms with Crippen LogP contribution in [0.4, 0.5) is 4.39 Å². The van der Waals surface area contributed by atoms with Crippen LogP contribution in [0.3, 0.4) is 0 Å². The van der Waals surface area contributed by atoms with E-state index >= 15 is 0 Å². The van der Waals surface area contributed by atoms with Crippen molar-refractivity contribution < 1.29 is 4.39 Å². The molecule has 0 aliphatic carbocycles. The van der Waals surface area contributed by atoms with Gasteiger partial charge in [-0.25, -0.2) is 4.39 Å². The standard InChI is InChI=1S/C16H20FN3S/c1-11-4-5-13(8-14(11)17)9-19-16(18-3)20-10-15-12(2)6-7-21-15/h4-8H,9-10H2,1-3H3,(H2,18,19,20). The summed E-state index contributed by atoms with van der Waals surface area (Å²) in [6.45, 7) is 5.14.